The molecule has 0 aliphatic heterocycles. The van der Waals surface area contributed by atoms with E-state index in [1.165, 1.54) is 6.42 Å². The first-order valence-electron chi connectivity index (χ1n) is 7.98. The standard InChI is InChI=1S/C17H26N2O2/c1-2-10-21-15-8-5-7-14(11-15)19-17(20)16-9-4-3-6-13(16)12-18/h5,7-8,11,13,16H,2-4,6,9-10,12,18H2,1H3,(H,19,20). The molecule has 0 spiro atoms. The predicted molar refractivity (Wildman–Crippen MR) is 85.4 cm³/mol. The van der Waals surface area contributed by atoms with Crippen LogP contribution >= 0.6 is 0 Å². The number of hydrogen-bond donors (Lipinski definition) is 2. The van der Waals surface area contributed by atoms with Crippen molar-refractivity contribution in [1.82, 2.24) is 0 Å². The van der Waals surface area contributed by atoms with E-state index in [9.17, 15) is 4.79 Å². The molecule has 21 heavy (non-hydrogen) atoms. The van der Waals surface area contributed by atoms with Gasteiger partial charge in [-0.05, 0) is 43.9 Å². The van der Waals surface area contributed by atoms with Crippen molar-refractivity contribution >= 4 is 11.6 Å². The second kappa shape index (κ2) is 8.03. The maximum atomic E-state index is 12.5. The lowest BCUT2D eigenvalue weighted by Gasteiger charge is -2.29. The third-order valence-corrected chi connectivity index (χ3v) is 4.12. The fourth-order valence-corrected chi connectivity index (χ4v) is 2.95. The molecular formula is C17H26N2O2. The zero-order chi connectivity index (χ0) is 15.1. The molecule has 0 aromatic heterocycles. The number of anilines is 1. The number of nitrogens with one attached hydrogen (secondary N) is 1. The van der Waals surface area contributed by atoms with Gasteiger partial charge in [0.25, 0.3) is 0 Å². The number of rotatable bonds is 6. The molecule has 0 heterocycles. The quantitative estimate of drug-likeness (QED) is 0.845. The molecule has 0 radical (unpaired) electrons. The number of benzene rings is 1. The van der Waals surface area contributed by atoms with Gasteiger partial charge in [-0.3, -0.25) is 4.79 Å². The van der Waals surface area contributed by atoms with E-state index in [1.807, 2.05) is 24.3 Å². The minimum atomic E-state index is 0.0453. The smallest absolute Gasteiger partial charge is 0.227 e. The lowest BCUT2D eigenvalue weighted by atomic mass is 9.78. The van der Waals surface area contributed by atoms with E-state index in [2.05, 4.69) is 12.2 Å². The number of hydrogen-bond acceptors (Lipinski definition) is 3. The average Bonchev–Trinajstić information content (AvgIpc) is 2.53. The number of carbonyl (C=O) groups is 1. The summed E-state index contributed by atoms with van der Waals surface area (Å²) in [6.45, 7) is 3.36. The lowest BCUT2D eigenvalue weighted by molar-refractivity contribution is -0.122. The van der Waals surface area contributed by atoms with Crippen molar-refractivity contribution in [3.05, 3.63) is 24.3 Å². The molecule has 1 amide bonds. The SMILES string of the molecule is CCCOc1cccc(NC(=O)C2CCCCC2CN)c1. The molecule has 0 saturated heterocycles. The molecule has 1 aromatic carbocycles. The summed E-state index contributed by atoms with van der Waals surface area (Å²) in [6, 6.07) is 7.60. The summed E-state index contributed by atoms with van der Waals surface area (Å²) >= 11 is 0. The molecule has 4 nitrogen and oxygen atoms in total. The Morgan fingerprint density at radius 1 is 1.38 bits per heavy atom. The van der Waals surface area contributed by atoms with Gasteiger partial charge in [0.2, 0.25) is 5.91 Å². The Labute approximate surface area is 127 Å². The Morgan fingerprint density at radius 3 is 2.95 bits per heavy atom. The highest BCUT2D eigenvalue weighted by Crippen LogP contribution is 2.30. The van der Waals surface area contributed by atoms with Crippen LogP contribution in [0.3, 0.4) is 0 Å². The largest absolute Gasteiger partial charge is 0.494 e. The molecular weight excluding hydrogens is 264 g/mol. The summed E-state index contributed by atoms with van der Waals surface area (Å²) < 4.78 is 5.59. The number of ether oxygens (including phenoxy) is 1. The summed E-state index contributed by atoms with van der Waals surface area (Å²) in [5.74, 6) is 1.26. The summed E-state index contributed by atoms with van der Waals surface area (Å²) in [5, 5.41) is 3.02. The van der Waals surface area contributed by atoms with Gasteiger partial charge >= 0.3 is 0 Å². The average molecular weight is 290 g/mol. The first kappa shape index (κ1) is 15.8. The fraction of sp³-hybridized carbons (Fsp3) is 0.588. The molecule has 2 rings (SSSR count). The van der Waals surface area contributed by atoms with Gasteiger partial charge in [0.15, 0.2) is 0 Å². The van der Waals surface area contributed by atoms with E-state index < -0.39 is 0 Å². The monoisotopic (exact) mass is 290 g/mol. The molecule has 116 valence electrons. The highest BCUT2D eigenvalue weighted by Gasteiger charge is 2.29. The minimum Gasteiger partial charge on any atom is -0.494 e. The Morgan fingerprint density at radius 2 is 2.19 bits per heavy atom. The third-order valence-electron chi connectivity index (χ3n) is 4.12. The molecule has 3 N–H and O–H groups in total. The van der Waals surface area contributed by atoms with Crippen LogP contribution in [0.4, 0.5) is 5.69 Å². The maximum absolute atomic E-state index is 12.5. The summed E-state index contributed by atoms with van der Waals surface area (Å²) in [5.41, 5.74) is 6.60. The molecule has 1 aliphatic rings. The van der Waals surface area contributed by atoms with E-state index >= 15 is 0 Å². The van der Waals surface area contributed by atoms with Crippen molar-refractivity contribution in [3.8, 4) is 5.75 Å². The number of amides is 1. The van der Waals surface area contributed by atoms with Gasteiger partial charge in [0, 0.05) is 17.7 Å². The second-order valence-corrected chi connectivity index (χ2v) is 5.75. The van der Waals surface area contributed by atoms with Crippen LogP contribution in [0, 0.1) is 11.8 Å². The van der Waals surface area contributed by atoms with Gasteiger partial charge in [-0.2, -0.15) is 0 Å². The van der Waals surface area contributed by atoms with Gasteiger partial charge in [0.1, 0.15) is 5.75 Å². The van der Waals surface area contributed by atoms with Crippen LogP contribution in [0.15, 0.2) is 24.3 Å². The first-order valence-corrected chi connectivity index (χ1v) is 7.98. The van der Waals surface area contributed by atoms with Crippen molar-refractivity contribution in [2.24, 2.45) is 17.6 Å². The van der Waals surface area contributed by atoms with Crippen LogP contribution in [0.5, 0.6) is 5.75 Å². The maximum Gasteiger partial charge on any atom is 0.227 e. The van der Waals surface area contributed by atoms with Gasteiger partial charge < -0.3 is 15.8 Å². The van der Waals surface area contributed by atoms with Crippen molar-refractivity contribution in [2.75, 3.05) is 18.5 Å². The van der Waals surface area contributed by atoms with Crippen molar-refractivity contribution in [3.63, 3.8) is 0 Å². The van der Waals surface area contributed by atoms with Crippen LogP contribution in [0.1, 0.15) is 39.0 Å². The fourth-order valence-electron chi connectivity index (χ4n) is 2.95. The molecule has 1 saturated carbocycles. The lowest BCUT2D eigenvalue weighted by Crippen LogP contribution is -2.35. The predicted octanol–water partition coefficient (Wildman–Crippen LogP) is 3.18. The zero-order valence-electron chi connectivity index (χ0n) is 12.8. The number of nitrogens with two attached hydrogens (primary N) is 1. The van der Waals surface area contributed by atoms with Gasteiger partial charge in [-0.1, -0.05) is 25.8 Å². The summed E-state index contributed by atoms with van der Waals surface area (Å²) in [7, 11) is 0. The van der Waals surface area contributed by atoms with Crippen LogP contribution in [-0.4, -0.2) is 19.1 Å². The van der Waals surface area contributed by atoms with Crippen LogP contribution in [-0.2, 0) is 4.79 Å². The van der Waals surface area contributed by atoms with Crippen LogP contribution in [0.2, 0.25) is 0 Å². The second-order valence-electron chi connectivity index (χ2n) is 5.75. The highest BCUT2D eigenvalue weighted by molar-refractivity contribution is 5.93. The van der Waals surface area contributed by atoms with Crippen molar-refractivity contribution in [2.45, 2.75) is 39.0 Å². The van der Waals surface area contributed by atoms with E-state index in [0.717, 1.165) is 37.1 Å². The van der Waals surface area contributed by atoms with E-state index in [4.69, 9.17) is 10.5 Å². The molecule has 1 fully saturated rings. The minimum absolute atomic E-state index is 0.0453. The summed E-state index contributed by atoms with van der Waals surface area (Å²) in [6.07, 6.45) is 5.28. The molecule has 2 atom stereocenters. The van der Waals surface area contributed by atoms with Gasteiger partial charge in [-0.25, -0.2) is 0 Å². The molecule has 4 heteroatoms. The van der Waals surface area contributed by atoms with Crippen molar-refractivity contribution < 1.29 is 9.53 Å². The molecule has 0 bridgehead atoms. The van der Waals surface area contributed by atoms with E-state index in [1.54, 1.807) is 0 Å². The Balaban J connectivity index is 1.98. The number of carbonyl (C=O) groups excluding carboxylic acids is 1. The van der Waals surface area contributed by atoms with Crippen LogP contribution < -0.4 is 15.8 Å². The first-order chi connectivity index (χ1) is 10.2. The highest BCUT2D eigenvalue weighted by atomic mass is 16.5. The molecule has 2 unspecified atom stereocenters. The van der Waals surface area contributed by atoms with Gasteiger partial charge in [0.05, 0.1) is 6.61 Å². The normalized spacial score (nSPS) is 21.8. The molecule has 1 aromatic rings. The van der Waals surface area contributed by atoms with Gasteiger partial charge in [-0.15, -0.1) is 0 Å². The Kier molecular flexibility index (Phi) is 6.05. The van der Waals surface area contributed by atoms with E-state index in [0.29, 0.717) is 19.1 Å². The molecule has 1 aliphatic carbocycles. The van der Waals surface area contributed by atoms with Crippen LogP contribution in [0.25, 0.3) is 0 Å². The summed E-state index contributed by atoms with van der Waals surface area (Å²) in [4.78, 5) is 12.5. The third kappa shape index (κ3) is 4.46. The Bertz CT molecular complexity index is 462. The Hall–Kier alpha value is -1.55. The van der Waals surface area contributed by atoms with Crippen molar-refractivity contribution in [1.29, 1.82) is 0 Å². The topological polar surface area (TPSA) is 64.3 Å². The zero-order valence-corrected chi connectivity index (χ0v) is 12.8. The van der Waals surface area contributed by atoms with E-state index in [-0.39, 0.29) is 11.8 Å².